The Hall–Kier alpha value is -3.43. The lowest BCUT2D eigenvalue weighted by atomic mass is 9.91. The van der Waals surface area contributed by atoms with E-state index in [4.69, 9.17) is 4.42 Å². The Morgan fingerprint density at radius 2 is 1.88 bits per heavy atom. The highest BCUT2D eigenvalue weighted by Gasteiger charge is 2.25. The number of imide groups is 1. The second-order valence-corrected chi connectivity index (χ2v) is 9.38. The fourth-order valence-corrected chi connectivity index (χ4v) is 4.97. The van der Waals surface area contributed by atoms with Crippen molar-refractivity contribution >= 4 is 34.9 Å². The van der Waals surface area contributed by atoms with Crippen LogP contribution in [0.4, 0.5) is 10.7 Å². The number of furan rings is 1. The third kappa shape index (κ3) is 5.37. The van der Waals surface area contributed by atoms with Crippen molar-refractivity contribution < 1.29 is 14.0 Å². The molecule has 0 spiro atoms. The van der Waals surface area contributed by atoms with Crippen LogP contribution in [0.15, 0.2) is 64.2 Å². The molecule has 1 aromatic carbocycles. The number of nitrogens with one attached hydrogen (secondary N) is 3. The maximum absolute atomic E-state index is 11.8. The predicted molar refractivity (Wildman–Crippen MR) is 132 cm³/mol. The Labute approximate surface area is 201 Å². The molecule has 9 heteroatoms. The predicted octanol–water partition coefficient (Wildman–Crippen LogP) is 4.57. The minimum absolute atomic E-state index is 0.294. The fraction of sp³-hybridized carbons (Fsp3) is 0.280. The number of anilines is 1. The molecule has 174 valence electrons. The van der Waals surface area contributed by atoms with Gasteiger partial charge in [0.2, 0.25) is 5.95 Å². The van der Waals surface area contributed by atoms with E-state index in [2.05, 4.69) is 44.1 Å². The van der Waals surface area contributed by atoms with E-state index in [1.165, 1.54) is 5.56 Å². The van der Waals surface area contributed by atoms with Gasteiger partial charge in [-0.15, -0.1) is 0 Å². The molecular formula is C25H25N5O3S. The minimum Gasteiger partial charge on any atom is -0.464 e. The van der Waals surface area contributed by atoms with E-state index in [0.717, 1.165) is 55.3 Å². The minimum atomic E-state index is -0.388. The molecular weight excluding hydrogens is 450 g/mol. The maximum Gasteiger partial charge on any atom is 0.290 e. The van der Waals surface area contributed by atoms with Gasteiger partial charge in [-0.25, -0.2) is 9.97 Å². The molecule has 2 aromatic heterocycles. The van der Waals surface area contributed by atoms with Crippen LogP contribution in [0, 0.1) is 0 Å². The molecule has 0 bridgehead atoms. The van der Waals surface area contributed by atoms with Crippen molar-refractivity contribution in [2.75, 3.05) is 5.32 Å². The van der Waals surface area contributed by atoms with Crippen molar-refractivity contribution in [3.63, 3.8) is 0 Å². The van der Waals surface area contributed by atoms with Gasteiger partial charge in [-0.3, -0.25) is 14.9 Å². The van der Waals surface area contributed by atoms with Crippen molar-refractivity contribution in [2.45, 2.75) is 44.3 Å². The SMILES string of the molecule is O=C1NC(=O)/C(=C/c2ccnc(NC3CCC(NCc4ccccc4-c4ccco4)CC3)n2)S1. The summed E-state index contributed by atoms with van der Waals surface area (Å²) in [5, 5.41) is 9.01. The first-order chi connectivity index (χ1) is 16.6. The Kier molecular flexibility index (Phi) is 6.73. The molecule has 0 radical (unpaired) electrons. The molecule has 3 aromatic rings. The van der Waals surface area contributed by atoms with E-state index >= 15 is 0 Å². The lowest BCUT2D eigenvalue weighted by molar-refractivity contribution is -0.115. The highest BCUT2D eigenvalue weighted by molar-refractivity contribution is 8.18. The first-order valence-corrected chi connectivity index (χ1v) is 12.2. The van der Waals surface area contributed by atoms with Gasteiger partial charge in [0.1, 0.15) is 5.76 Å². The molecule has 2 amide bonds. The van der Waals surface area contributed by atoms with Crippen LogP contribution in [0.5, 0.6) is 0 Å². The lowest BCUT2D eigenvalue weighted by Gasteiger charge is -2.30. The number of rotatable bonds is 7. The molecule has 1 aliphatic carbocycles. The number of aromatic nitrogens is 2. The van der Waals surface area contributed by atoms with E-state index in [1.54, 1.807) is 24.6 Å². The van der Waals surface area contributed by atoms with Crippen molar-refractivity contribution in [1.82, 2.24) is 20.6 Å². The van der Waals surface area contributed by atoms with Crippen LogP contribution in [0.3, 0.4) is 0 Å². The molecule has 34 heavy (non-hydrogen) atoms. The molecule has 5 rings (SSSR count). The van der Waals surface area contributed by atoms with Crippen LogP contribution >= 0.6 is 11.8 Å². The van der Waals surface area contributed by atoms with Crippen molar-refractivity contribution in [3.05, 3.63) is 71.1 Å². The number of benzene rings is 1. The summed E-state index contributed by atoms with van der Waals surface area (Å²) in [5.74, 6) is 1.04. The van der Waals surface area contributed by atoms with Gasteiger partial charge in [-0.1, -0.05) is 24.3 Å². The number of hydrogen-bond acceptors (Lipinski definition) is 8. The van der Waals surface area contributed by atoms with Crippen LogP contribution < -0.4 is 16.0 Å². The summed E-state index contributed by atoms with van der Waals surface area (Å²) in [6, 6.07) is 14.7. The average Bonchev–Trinajstić information content (AvgIpc) is 3.49. The van der Waals surface area contributed by atoms with E-state index in [-0.39, 0.29) is 11.1 Å². The van der Waals surface area contributed by atoms with E-state index < -0.39 is 0 Å². The summed E-state index contributed by atoms with van der Waals surface area (Å²) < 4.78 is 5.59. The molecule has 2 fully saturated rings. The van der Waals surface area contributed by atoms with Gasteiger partial charge >= 0.3 is 0 Å². The van der Waals surface area contributed by atoms with Crippen LogP contribution in [0.1, 0.15) is 36.9 Å². The summed E-state index contributed by atoms with van der Waals surface area (Å²) in [6.07, 6.45) is 9.11. The number of thioether (sulfide) groups is 1. The van der Waals surface area contributed by atoms with Crippen LogP contribution in [0.25, 0.3) is 17.4 Å². The van der Waals surface area contributed by atoms with Crippen LogP contribution in [-0.2, 0) is 11.3 Å². The van der Waals surface area contributed by atoms with Crippen LogP contribution in [0.2, 0.25) is 0 Å². The molecule has 3 N–H and O–H groups in total. The molecule has 0 atom stereocenters. The highest BCUT2D eigenvalue weighted by atomic mass is 32.2. The summed E-state index contributed by atoms with van der Waals surface area (Å²) in [4.78, 5) is 32.3. The first-order valence-electron chi connectivity index (χ1n) is 11.3. The normalized spacial score (nSPS) is 21.6. The Morgan fingerprint density at radius 1 is 1.06 bits per heavy atom. The number of carbonyl (C=O) groups excluding carboxylic acids is 2. The zero-order valence-electron chi connectivity index (χ0n) is 18.5. The number of carbonyl (C=O) groups is 2. The maximum atomic E-state index is 11.8. The number of amides is 2. The Balaban J connectivity index is 1.13. The van der Waals surface area contributed by atoms with E-state index in [9.17, 15) is 9.59 Å². The van der Waals surface area contributed by atoms with Gasteiger partial charge in [-0.2, -0.15) is 0 Å². The fourth-order valence-electron chi connectivity index (χ4n) is 4.30. The third-order valence-corrected chi connectivity index (χ3v) is 6.85. The zero-order chi connectivity index (χ0) is 23.3. The second-order valence-electron chi connectivity index (χ2n) is 8.37. The zero-order valence-corrected chi connectivity index (χ0v) is 19.3. The molecule has 1 saturated carbocycles. The molecule has 1 aliphatic heterocycles. The summed E-state index contributed by atoms with van der Waals surface area (Å²) >= 11 is 0.882. The topological polar surface area (TPSA) is 109 Å². The number of hydrogen-bond donors (Lipinski definition) is 3. The Morgan fingerprint density at radius 3 is 2.65 bits per heavy atom. The van der Waals surface area contributed by atoms with Gasteiger partial charge in [0, 0.05) is 30.4 Å². The summed E-state index contributed by atoms with van der Waals surface area (Å²) in [6.45, 7) is 0.799. The highest BCUT2D eigenvalue weighted by Crippen LogP contribution is 2.27. The van der Waals surface area contributed by atoms with Gasteiger partial charge in [0.05, 0.1) is 16.9 Å². The van der Waals surface area contributed by atoms with Gasteiger partial charge in [0.25, 0.3) is 11.1 Å². The monoisotopic (exact) mass is 475 g/mol. The average molecular weight is 476 g/mol. The first kappa shape index (κ1) is 22.4. The van der Waals surface area contributed by atoms with Gasteiger partial charge < -0.3 is 15.1 Å². The molecule has 1 saturated heterocycles. The summed E-state index contributed by atoms with van der Waals surface area (Å²) in [5.41, 5.74) is 2.95. The molecule has 3 heterocycles. The van der Waals surface area contributed by atoms with E-state index in [0.29, 0.717) is 28.6 Å². The van der Waals surface area contributed by atoms with Crippen molar-refractivity contribution in [1.29, 1.82) is 0 Å². The molecule has 2 aliphatic rings. The van der Waals surface area contributed by atoms with Crippen molar-refractivity contribution in [3.8, 4) is 11.3 Å². The van der Waals surface area contributed by atoms with Gasteiger partial charge in [0.15, 0.2) is 0 Å². The molecule has 0 unspecified atom stereocenters. The standard InChI is InChI=1S/C25H25N5O3S/c31-23-22(34-25(32)30-23)14-19-11-12-26-24(29-19)28-18-9-7-17(8-10-18)27-15-16-4-1-2-5-20(16)21-6-3-13-33-21/h1-6,11-14,17-18,27H,7-10,15H2,(H,26,28,29)(H,30,31,32)/b22-14-. The van der Waals surface area contributed by atoms with Gasteiger partial charge in [-0.05, 0) is 67.3 Å². The van der Waals surface area contributed by atoms with Crippen LogP contribution in [-0.4, -0.2) is 33.2 Å². The largest absolute Gasteiger partial charge is 0.464 e. The molecule has 8 nitrogen and oxygen atoms in total. The van der Waals surface area contributed by atoms with E-state index in [1.807, 2.05) is 18.2 Å². The van der Waals surface area contributed by atoms with Crippen molar-refractivity contribution in [2.24, 2.45) is 0 Å². The lowest BCUT2D eigenvalue weighted by Crippen LogP contribution is -2.37. The number of nitrogens with zero attached hydrogens (tertiary/aromatic N) is 2. The quantitative estimate of drug-likeness (QED) is 0.426. The second kappa shape index (κ2) is 10.2. The third-order valence-electron chi connectivity index (χ3n) is 6.04. The summed E-state index contributed by atoms with van der Waals surface area (Å²) in [7, 11) is 0. The Bertz CT molecular complexity index is 1200. The smallest absolute Gasteiger partial charge is 0.290 e.